The van der Waals surface area contributed by atoms with Crippen molar-refractivity contribution in [3.05, 3.63) is 64.4 Å². The molecule has 0 aliphatic carbocycles. The topological polar surface area (TPSA) is 55.4 Å². The summed E-state index contributed by atoms with van der Waals surface area (Å²) < 4.78 is 18.2. The minimum absolute atomic E-state index is 0.106. The maximum Gasteiger partial charge on any atom is 0.311 e. The van der Waals surface area contributed by atoms with Crippen molar-refractivity contribution in [1.82, 2.24) is 0 Å². The van der Waals surface area contributed by atoms with Crippen LogP contribution >= 0.6 is 11.6 Å². The maximum atomic E-state index is 13.1. The van der Waals surface area contributed by atoms with E-state index in [2.05, 4.69) is 5.32 Å². The van der Waals surface area contributed by atoms with E-state index in [0.29, 0.717) is 16.3 Å². The fourth-order valence-electron chi connectivity index (χ4n) is 2.08. The highest BCUT2D eigenvalue weighted by atomic mass is 35.5. The highest BCUT2D eigenvalue weighted by Gasteiger charge is 2.19. The summed E-state index contributed by atoms with van der Waals surface area (Å²) in [5.74, 6) is -1.50. The van der Waals surface area contributed by atoms with E-state index in [1.54, 1.807) is 31.2 Å². The zero-order valence-corrected chi connectivity index (χ0v) is 14.1. The maximum absolute atomic E-state index is 13.1. The lowest BCUT2D eigenvalue weighted by Gasteiger charge is -2.15. The lowest BCUT2D eigenvalue weighted by molar-refractivity contribution is -0.152. The lowest BCUT2D eigenvalue weighted by atomic mass is 10.1. The molecule has 0 radical (unpaired) electrons. The van der Waals surface area contributed by atoms with Gasteiger partial charge in [-0.15, -0.1) is 0 Å². The number of carbonyl (C=O) groups excluding carboxylic acids is 2. The van der Waals surface area contributed by atoms with Crippen LogP contribution in [0.1, 0.15) is 18.1 Å². The van der Waals surface area contributed by atoms with Gasteiger partial charge < -0.3 is 10.1 Å². The predicted molar refractivity (Wildman–Crippen MR) is 90.5 cm³/mol. The first kappa shape index (κ1) is 17.9. The van der Waals surface area contributed by atoms with Gasteiger partial charge in [-0.25, -0.2) is 4.39 Å². The van der Waals surface area contributed by atoms with E-state index < -0.39 is 23.8 Å². The van der Waals surface area contributed by atoms with Gasteiger partial charge in [0.25, 0.3) is 5.91 Å². The van der Waals surface area contributed by atoms with Gasteiger partial charge in [0.05, 0.1) is 6.42 Å². The van der Waals surface area contributed by atoms with Crippen LogP contribution in [0.5, 0.6) is 0 Å². The Morgan fingerprint density at radius 1 is 1.25 bits per heavy atom. The summed E-state index contributed by atoms with van der Waals surface area (Å²) in [5.41, 5.74) is 1.77. The highest BCUT2D eigenvalue weighted by molar-refractivity contribution is 6.31. The Labute approximate surface area is 144 Å². The Balaban J connectivity index is 1.93. The minimum Gasteiger partial charge on any atom is -0.452 e. The van der Waals surface area contributed by atoms with Crippen LogP contribution in [0, 0.1) is 12.7 Å². The molecule has 0 bridgehead atoms. The number of ether oxygens (including phenoxy) is 1. The first-order valence-electron chi connectivity index (χ1n) is 7.36. The monoisotopic (exact) mass is 349 g/mol. The van der Waals surface area contributed by atoms with Crippen LogP contribution < -0.4 is 5.32 Å². The molecule has 2 aromatic rings. The van der Waals surface area contributed by atoms with Gasteiger partial charge in [0, 0.05) is 10.7 Å². The predicted octanol–water partition coefficient (Wildman–Crippen LogP) is 3.90. The molecule has 0 aromatic heterocycles. The zero-order chi connectivity index (χ0) is 17.7. The number of benzene rings is 2. The molecule has 1 amide bonds. The van der Waals surface area contributed by atoms with Gasteiger partial charge in [-0.3, -0.25) is 9.59 Å². The van der Waals surface area contributed by atoms with Crippen LogP contribution in [0.4, 0.5) is 10.1 Å². The number of halogens is 2. The zero-order valence-electron chi connectivity index (χ0n) is 13.3. The quantitative estimate of drug-likeness (QED) is 0.833. The van der Waals surface area contributed by atoms with Gasteiger partial charge in [0.2, 0.25) is 0 Å². The van der Waals surface area contributed by atoms with Gasteiger partial charge in [0.15, 0.2) is 6.10 Å². The molecule has 0 spiro atoms. The van der Waals surface area contributed by atoms with Crippen molar-refractivity contribution in [2.24, 2.45) is 0 Å². The normalized spacial score (nSPS) is 11.7. The van der Waals surface area contributed by atoms with E-state index in [0.717, 1.165) is 5.56 Å². The summed E-state index contributed by atoms with van der Waals surface area (Å²) in [6.45, 7) is 3.25. The molecule has 0 saturated heterocycles. The molecule has 0 heterocycles. The van der Waals surface area contributed by atoms with Crippen molar-refractivity contribution in [3.63, 3.8) is 0 Å². The van der Waals surface area contributed by atoms with E-state index in [1.165, 1.54) is 25.1 Å². The summed E-state index contributed by atoms with van der Waals surface area (Å²) in [4.78, 5) is 24.0. The Hall–Kier alpha value is -2.40. The largest absolute Gasteiger partial charge is 0.452 e. The van der Waals surface area contributed by atoms with Crippen molar-refractivity contribution in [3.8, 4) is 0 Å². The molecule has 2 aromatic carbocycles. The summed E-state index contributed by atoms with van der Waals surface area (Å²) in [7, 11) is 0. The fourth-order valence-corrected chi connectivity index (χ4v) is 2.26. The average molecular weight is 350 g/mol. The standard InChI is InChI=1S/C18H17ClFNO3/c1-11-15(19)7-4-8-16(11)21-18(23)12(2)24-17(22)10-13-5-3-6-14(20)9-13/h3-9,12H,10H2,1-2H3,(H,21,23)/t12-/m0/s1. The highest BCUT2D eigenvalue weighted by Crippen LogP contribution is 2.23. The van der Waals surface area contributed by atoms with E-state index in [4.69, 9.17) is 16.3 Å². The van der Waals surface area contributed by atoms with Crippen LogP contribution in [-0.2, 0) is 20.7 Å². The number of amides is 1. The van der Waals surface area contributed by atoms with Crippen molar-refractivity contribution < 1.29 is 18.7 Å². The van der Waals surface area contributed by atoms with Gasteiger partial charge >= 0.3 is 5.97 Å². The summed E-state index contributed by atoms with van der Waals surface area (Å²) in [5, 5.41) is 3.20. The van der Waals surface area contributed by atoms with Crippen LogP contribution in [0.15, 0.2) is 42.5 Å². The van der Waals surface area contributed by atoms with Crippen LogP contribution in [0.25, 0.3) is 0 Å². The minimum atomic E-state index is -0.982. The number of nitrogens with one attached hydrogen (secondary N) is 1. The smallest absolute Gasteiger partial charge is 0.311 e. The van der Waals surface area contributed by atoms with Gasteiger partial charge in [-0.05, 0) is 49.2 Å². The molecular weight excluding hydrogens is 333 g/mol. The molecule has 0 unspecified atom stereocenters. The number of rotatable bonds is 5. The van der Waals surface area contributed by atoms with E-state index in [-0.39, 0.29) is 6.42 Å². The number of carbonyl (C=O) groups is 2. The number of hydrogen-bond acceptors (Lipinski definition) is 3. The average Bonchev–Trinajstić information content (AvgIpc) is 2.51. The van der Waals surface area contributed by atoms with Crippen molar-refractivity contribution in [1.29, 1.82) is 0 Å². The van der Waals surface area contributed by atoms with Gasteiger partial charge in [-0.1, -0.05) is 29.8 Å². The molecule has 0 aliphatic heterocycles. The van der Waals surface area contributed by atoms with E-state index >= 15 is 0 Å². The van der Waals surface area contributed by atoms with Crippen molar-refractivity contribution in [2.75, 3.05) is 5.32 Å². The second-order valence-corrected chi connectivity index (χ2v) is 5.75. The van der Waals surface area contributed by atoms with Gasteiger partial charge in [0.1, 0.15) is 5.82 Å². The fraction of sp³-hybridized carbons (Fsp3) is 0.222. The van der Waals surface area contributed by atoms with Crippen LogP contribution in [0.3, 0.4) is 0 Å². The molecule has 0 fully saturated rings. The summed E-state index contributed by atoms with van der Waals surface area (Å²) >= 11 is 6.00. The number of esters is 1. The Bertz CT molecular complexity index is 764. The van der Waals surface area contributed by atoms with Crippen LogP contribution in [0.2, 0.25) is 5.02 Å². The SMILES string of the molecule is Cc1c(Cl)cccc1NC(=O)[C@H](C)OC(=O)Cc1cccc(F)c1. The van der Waals surface area contributed by atoms with Crippen LogP contribution in [-0.4, -0.2) is 18.0 Å². The van der Waals surface area contributed by atoms with Gasteiger partial charge in [-0.2, -0.15) is 0 Å². The lowest BCUT2D eigenvalue weighted by Crippen LogP contribution is -2.30. The third-order valence-electron chi connectivity index (χ3n) is 3.44. The molecular formula is C18H17ClFNO3. The number of hydrogen-bond donors (Lipinski definition) is 1. The third-order valence-corrected chi connectivity index (χ3v) is 3.85. The third kappa shape index (κ3) is 4.80. The number of anilines is 1. The summed E-state index contributed by atoms with van der Waals surface area (Å²) in [6.07, 6.45) is -1.09. The molecule has 0 aliphatic rings. The van der Waals surface area contributed by atoms with E-state index in [9.17, 15) is 14.0 Å². The van der Waals surface area contributed by atoms with Crippen molar-refractivity contribution in [2.45, 2.75) is 26.4 Å². The Morgan fingerprint density at radius 3 is 2.67 bits per heavy atom. The molecule has 1 atom stereocenters. The Kier molecular flexibility index (Phi) is 5.93. The first-order valence-corrected chi connectivity index (χ1v) is 7.74. The second-order valence-electron chi connectivity index (χ2n) is 5.34. The molecule has 6 heteroatoms. The molecule has 2 rings (SSSR count). The summed E-state index contributed by atoms with van der Waals surface area (Å²) in [6, 6.07) is 10.8. The first-order chi connectivity index (χ1) is 11.4. The molecule has 4 nitrogen and oxygen atoms in total. The van der Waals surface area contributed by atoms with Crippen molar-refractivity contribution >= 4 is 29.2 Å². The Morgan fingerprint density at radius 2 is 1.96 bits per heavy atom. The van der Waals surface area contributed by atoms with E-state index in [1.807, 2.05) is 0 Å². The molecule has 1 N–H and O–H groups in total. The molecule has 126 valence electrons. The molecule has 0 saturated carbocycles. The second kappa shape index (κ2) is 7.93. The molecule has 24 heavy (non-hydrogen) atoms.